The van der Waals surface area contributed by atoms with Crippen molar-refractivity contribution in [3.8, 4) is 12.8 Å². The first-order valence-corrected chi connectivity index (χ1v) is 11.0. The van der Waals surface area contributed by atoms with E-state index in [1.165, 1.54) is 48.8 Å². The average Bonchev–Trinajstić information content (AvgIpc) is 2.85. The van der Waals surface area contributed by atoms with Crippen LogP contribution in [0.5, 0.6) is 0 Å². The second-order valence-electron chi connectivity index (χ2n) is 7.63. The van der Waals surface area contributed by atoms with E-state index in [4.69, 9.17) is 11.5 Å². The smallest absolute Gasteiger partial charge is 0.0343 e. The molecule has 0 radical (unpaired) electrons. The maximum atomic E-state index is 4.90. The van der Waals surface area contributed by atoms with Gasteiger partial charge in [-0.1, -0.05) is 87.4 Å². The van der Waals surface area contributed by atoms with Crippen molar-refractivity contribution in [1.29, 1.82) is 0 Å². The van der Waals surface area contributed by atoms with Crippen LogP contribution in [0.2, 0.25) is 0 Å². The van der Waals surface area contributed by atoms with Crippen LogP contribution in [0.3, 0.4) is 0 Å². The number of rotatable bonds is 7. The molecule has 162 valence electrons. The summed E-state index contributed by atoms with van der Waals surface area (Å²) in [5.41, 5.74) is 15.2. The Labute approximate surface area is 184 Å². The summed E-state index contributed by atoms with van der Waals surface area (Å²) in [6.45, 7) is 8.71. The Morgan fingerprint density at radius 3 is 2.07 bits per heavy atom. The van der Waals surface area contributed by atoms with Gasteiger partial charge < -0.3 is 16.8 Å². The van der Waals surface area contributed by atoms with Gasteiger partial charge in [-0.25, -0.2) is 0 Å². The van der Waals surface area contributed by atoms with E-state index in [0.29, 0.717) is 13.1 Å². The van der Waals surface area contributed by atoms with Crippen LogP contribution in [0.15, 0.2) is 61.2 Å². The molecule has 3 nitrogen and oxygen atoms in total. The van der Waals surface area contributed by atoms with E-state index in [2.05, 4.69) is 86.3 Å². The minimum Gasteiger partial charge on any atom is -0.384 e. The van der Waals surface area contributed by atoms with Gasteiger partial charge in [-0.3, -0.25) is 0 Å². The molecule has 2 aromatic rings. The van der Waals surface area contributed by atoms with Crippen molar-refractivity contribution < 1.29 is 0 Å². The highest BCUT2D eigenvalue weighted by atomic mass is 14.9. The third-order valence-corrected chi connectivity index (χ3v) is 5.73. The van der Waals surface area contributed by atoms with Gasteiger partial charge in [0.25, 0.3) is 0 Å². The van der Waals surface area contributed by atoms with E-state index < -0.39 is 0 Å². The molecule has 0 bridgehead atoms. The molecule has 0 aliphatic heterocycles. The number of terminal acetylenes is 1. The highest BCUT2D eigenvalue weighted by molar-refractivity contribution is 5.65. The molecule has 1 aliphatic carbocycles. The standard InChI is InChI=1S/C23H29N.C2H8N2.C2H2/c1-3-20-12-8-9-15-22(20)19(2)24-18-23(16-10-5-11-17-23)21-13-6-4-7-14-21;3-1-2-4;1-2/h4,6-9,12-15,24H,2-3,5,10-11,16-18H2,1H3;1-4H2;1-2H. The number of hydrogen-bond acceptors (Lipinski definition) is 3. The third-order valence-electron chi connectivity index (χ3n) is 5.73. The van der Waals surface area contributed by atoms with Crippen molar-refractivity contribution in [2.45, 2.75) is 50.9 Å². The lowest BCUT2D eigenvalue weighted by atomic mass is 9.69. The van der Waals surface area contributed by atoms with Crippen LogP contribution in [-0.2, 0) is 11.8 Å². The van der Waals surface area contributed by atoms with Crippen LogP contribution in [-0.4, -0.2) is 19.6 Å². The Hall–Kier alpha value is -2.54. The van der Waals surface area contributed by atoms with Crippen LogP contribution < -0.4 is 16.8 Å². The van der Waals surface area contributed by atoms with Crippen molar-refractivity contribution in [3.63, 3.8) is 0 Å². The van der Waals surface area contributed by atoms with Crippen LogP contribution in [0.4, 0.5) is 0 Å². The van der Waals surface area contributed by atoms with Crippen LogP contribution in [0.1, 0.15) is 55.7 Å². The second kappa shape index (κ2) is 14.4. The summed E-state index contributed by atoms with van der Waals surface area (Å²) in [5.74, 6) is 0. The predicted octanol–water partition coefficient (Wildman–Crippen LogP) is 4.86. The molecule has 1 saturated carbocycles. The van der Waals surface area contributed by atoms with Crippen molar-refractivity contribution in [2.75, 3.05) is 19.6 Å². The molecule has 3 heteroatoms. The molecule has 1 aliphatic rings. The van der Waals surface area contributed by atoms with Gasteiger partial charge in [0.05, 0.1) is 0 Å². The lowest BCUT2D eigenvalue weighted by Gasteiger charge is -2.38. The summed E-state index contributed by atoms with van der Waals surface area (Å²) in [4.78, 5) is 0. The van der Waals surface area contributed by atoms with Crippen LogP contribution >= 0.6 is 0 Å². The molecular formula is C27H39N3. The van der Waals surface area contributed by atoms with Gasteiger partial charge in [0.15, 0.2) is 0 Å². The Morgan fingerprint density at radius 2 is 1.50 bits per heavy atom. The first kappa shape index (κ1) is 25.5. The fourth-order valence-electron chi connectivity index (χ4n) is 4.08. The van der Waals surface area contributed by atoms with E-state index in [1.807, 2.05) is 0 Å². The second-order valence-corrected chi connectivity index (χ2v) is 7.63. The summed E-state index contributed by atoms with van der Waals surface area (Å²) >= 11 is 0. The Kier molecular flexibility index (Phi) is 12.3. The van der Waals surface area contributed by atoms with Gasteiger partial charge in [0.1, 0.15) is 0 Å². The zero-order valence-corrected chi connectivity index (χ0v) is 18.6. The Morgan fingerprint density at radius 1 is 0.933 bits per heavy atom. The number of benzene rings is 2. The van der Waals surface area contributed by atoms with Crippen molar-refractivity contribution >= 4 is 5.70 Å². The largest absolute Gasteiger partial charge is 0.384 e. The van der Waals surface area contributed by atoms with Gasteiger partial charge in [0.2, 0.25) is 0 Å². The molecule has 30 heavy (non-hydrogen) atoms. The molecule has 0 saturated heterocycles. The van der Waals surface area contributed by atoms with E-state index in [-0.39, 0.29) is 5.41 Å². The number of nitrogens with two attached hydrogens (primary N) is 2. The van der Waals surface area contributed by atoms with Gasteiger partial charge in [-0.2, -0.15) is 0 Å². The topological polar surface area (TPSA) is 64.1 Å². The predicted molar refractivity (Wildman–Crippen MR) is 132 cm³/mol. The van der Waals surface area contributed by atoms with E-state index in [1.54, 1.807) is 0 Å². The van der Waals surface area contributed by atoms with E-state index >= 15 is 0 Å². The minimum absolute atomic E-state index is 0.254. The molecule has 0 heterocycles. The molecule has 0 aromatic heterocycles. The van der Waals surface area contributed by atoms with Gasteiger partial charge in [-0.15, -0.1) is 12.8 Å². The molecular weight excluding hydrogens is 366 g/mol. The SMILES string of the molecule is C#C.C=C(NCC1(c2ccccc2)CCCCC1)c1ccccc1CC.NCCN. The summed E-state index contributed by atoms with van der Waals surface area (Å²) < 4.78 is 0. The van der Waals surface area contributed by atoms with Gasteiger partial charge in [0, 0.05) is 36.3 Å². The summed E-state index contributed by atoms with van der Waals surface area (Å²) in [6.07, 6.45) is 15.6. The Bertz CT molecular complexity index is 741. The van der Waals surface area contributed by atoms with E-state index in [0.717, 1.165) is 18.7 Å². The molecule has 5 N–H and O–H groups in total. The zero-order chi connectivity index (χ0) is 22.2. The molecule has 0 unspecified atom stereocenters. The Balaban J connectivity index is 0.000000673. The minimum atomic E-state index is 0.254. The van der Waals surface area contributed by atoms with Crippen LogP contribution in [0.25, 0.3) is 5.70 Å². The monoisotopic (exact) mass is 405 g/mol. The summed E-state index contributed by atoms with van der Waals surface area (Å²) in [7, 11) is 0. The fraction of sp³-hybridized carbons (Fsp3) is 0.407. The third kappa shape index (κ3) is 7.37. The normalized spacial score (nSPS) is 14.3. The highest BCUT2D eigenvalue weighted by Crippen LogP contribution is 2.39. The molecule has 3 rings (SSSR count). The maximum Gasteiger partial charge on any atom is 0.0343 e. The molecule has 2 aromatic carbocycles. The fourth-order valence-corrected chi connectivity index (χ4v) is 4.08. The lowest BCUT2D eigenvalue weighted by Crippen LogP contribution is -2.39. The molecule has 1 fully saturated rings. The molecule has 0 amide bonds. The quantitative estimate of drug-likeness (QED) is 0.576. The molecule has 0 atom stereocenters. The summed E-state index contributed by atoms with van der Waals surface area (Å²) in [5, 5.41) is 3.69. The van der Waals surface area contributed by atoms with Gasteiger partial charge in [-0.05, 0) is 30.4 Å². The maximum absolute atomic E-state index is 4.90. The number of nitrogens with one attached hydrogen (secondary N) is 1. The first-order valence-electron chi connectivity index (χ1n) is 11.0. The number of aryl methyl sites for hydroxylation is 1. The zero-order valence-electron chi connectivity index (χ0n) is 18.6. The van der Waals surface area contributed by atoms with E-state index in [9.17, 15) is 0 Å². The highest BCUT2D eigenvalue weighted by Gasteiger charge is 2.33. The molecule has 0 spiro atoms. The van der Waals surface area contributed by atoms with Crippen molar-refractivity contribution in [2.24, 2.45) is 11.5 Å². The van der Waals surface area contributed by atoms with Crippen molar-refractivity contribution in [1.82, 2.24) is 5.32 Å². The number of hydrogen-bond donors (Lipinski definition) is 3. The average molecular weight is 406 g/mol. The van der Waals surface area contributed by atoms with Crippen molar-refractivity contribution in [3.05, 3.63) is 77.9 Å². The van der Waals surface area contributed by atoms with Crippen LogP contribution in [0, 0.1) is 12.8 Å². The van der Waals surface area contributed by atoms with Gasteiger partial charge >= 0.3 is 0 Å². The lowest BCUT2D eigenvalue weighted by molar-refractivity contribution is 0.290. The first-order chi connectivity index (χ1) is 14.7. The summed E-state index contributed by atoms with van der Waals surface area (Å²) in [6, 6.07) is 19.7.